The van der Waals surface area contributed by atoms with Crippen molar-refractivity contribution in [2.45, 2.75) is 45.2 Å². The van der Waals surface area contributed by atoms with Crippen molar-refractivity contribution < 1.29 is 9.59 Å². The third-order valence-corrected chi connectivity index (χ3v) is 8.12. The molecule has 0 bridgehead atoms. The van der Waals surface area contributed by atoms with Gasteiger partial charge in [0.2, 0.25) is 5.95 Å². The predicted molar refractivity (Wildman–Crippen MR) is 170 cm³/mol. The van der Waals surface area contributed by atoms with E-state index in [1.54, 1.807) is 22.2 Å². The zero-order valence-electron chi connectivity index (χ0n) is 25.6. The zero-order chi connectivity index (χ0) is 30.4. The topological polar surface area (TPSA) is 101 Å². The van der Waals surface area contributed by atoms with Crippen molar-refractivity contribution in [1.29, 1.82) is 0 Å². The van der Waals surface area contributed by atoms with E-state index < -0.39 is 0 Å². The maximum absolute atomic E-state index is 12.1. The van der Waals surface area contributed by atoms with E-state index in [4.69, 9.17) is 10.1 Å². The summed E-state index contributed by atoms with van der Waals surface area (Å²) in [4.78, 5) is 37.5. The van der Waals surface area contributed by atoms with E-state index in [1.165, 1.54) is 37.3 Å². The Bertz CT molecular complexity index is 1350. The molecule has 1 spiro atoms. The number of hydrogen-bond donors (Lipinski definition) is 1. The van der Waals surface area contributed by atoms with Gasteiger partial charge in [0.1, 0.15) is 6.29 Å². The van der Waals surface area contributed by atoms with E-state index in [0.717, 1.165) is 24.3 Å². The van der Waals surface area contributed by atoms with Crippen molar-refractivity contribution in [1.82, 2.24) is 24.9 Å². The Balaban J connectivity index is 1.64. The van der Waals surface area contributed by atoms with Crippen molar-refractivity contribution >= 4 is 41.5 Å². The number of nitrogens with zero attached hydrogens (tertiary/aromatic N) is 8. The Morgan fingerprint density at radius 2 is 2.02 bits per heavy atom. The van der Waals surface area contributed by atoms with Gasteiger partial charge in [0, 0.05) is 57.3 Å². The number of carbonyl (C=O) groups excluding carboxylic acids is 2. The van der Waals surface area contributed by atoms with E-state index in [9.17, 15) is 9.59 Å². The molecule has 0 atom stereocenters. The second-order valence-corrected chi connectivity index (χ2v) is 11.4. The first-order valence-corrected chi connectivity index (χ1v) is 14.3. The SMILES string of the molecule is C=CCN(C)N(C(/C=C\C=O)=N/N(C)C(C)C)c1nc(Nc2ccc(N3CC4(CCCN4C)C3)c(C)c2)ncc1C=O. The van der Waals surface area contributed by atoms with Crippen LogP contribution >= 0.6 is 0 Å². The minimum atomic E-state index is 0.0939. The molecule has 11 heteroatoms. The Labute approximate surface area is 249 Å². The number of rotatable bonds is 12. The number of likely N-dealkylation sites (tertiary alicyclic amines) is 1. The number of anilines is 4. The fourth-order valence-corrected chi connectivity index (χ4v) is 5.48. The van der Waals surface area contributed by atoms with Crippen LogP contribution in [0.1, 0.15) is 42.6 Å². The number of nitrogens with one attached hydrogen (secondary N) is 1. The molecule has 1 aromatic heterocycles. The standard InChI is InChI=1S/C31H43N9O2/c1-8-15-37(6)40(28(11-9-17-41)35-38(7)23(2)3)29-25(20-42)19-32-30(34-29)33-26-12-13-27(24(4)18-26)39-21-31(22-39)14-10-16-36(31)5/h8-9,11-13,17-20,23H,1,10,14-16,21-22H2,2-7H3,(H,32,33,34)/b11-9-,35-28+. The van der Waals surface area contributed by atoms with Gasteiger partial charge in [-0.25, -0.2) is 15.0 Å². The Morgan fingerprint density at radius 1 is 1.26 bits per heavy atom. The van der Waals surface area contributed by atoms with Gasteiger partial charge in [-0.3, -0.25) is 19.5 Å². The first-order valence-electron chi connectivity index (χ1n) is 14.3. The molecule has 2 aromatic rings. The molecule has 11 nitrogen and oxygen atoms in total. The fourth-order valence-electron chi connectivity index (χ4n) is 5.48. The van der Waals surface area contributed by atoms with Gasteiger partial charge in [0.15, 0.2) is 17.9 Å². The molecule has 1 aromatic carbocycles. The summed E-state index contributed by atoms with van der Waals surface area (Å²) in [5.41, 5.74) is 3.84. The Hall–Kier alpha value is -4.09. The van der Waals surface area contributed by atoms with Gasteiger partial charge in [-0.05, 0) is 83.1 Å². The molecule has 0 amide bonds. The largest absolute Gasteiger partial charge is 0.367 e. The minimum Gasteiger partial charge on any atom is -0.367 e. The third-order valence-electron chi connectivity index (χ3n) is 8.12. The number of likely N-dealkylation sites (N-methyl/N-ethyl adjacent to an activating group) is 2. The Morgan fingerprint density at radius 3 is 2.62 bits per heavy atom. The van der Waals surface area contributed by atoms with Crippen molar-refractivity contribution in [3.63, 3.8) is 0 Å². The number of hydrazone groups is 1. The number of aromatic nitrogens is 2. The number of allylic oxidation sites excluding steroid dienone is 1. The summed E-state index contributed by atoms with van der Waals surface area (Å²) in [6.07, 6.45) is 10.1. The van der Waals surface area contributed by atoms with Gasteiger partial charge in [-0.15, -0.1) is 6.58 Å². The number of benzene rings is 1. The van der Waals surface area contributed by atoms with Crippen LogP contribution in [0.3, 0.4) is 0 Å². The predicted octanol–water partition coefficient (Wildman–Crippen LogP) is 3.87. The van der Waals surface area contributed by atoms with E-state index in [2.05, 4.69) is 52.8 Å². The number of hydrogen-bond acceptors (Lipinski definition) is 10. The van der Waals surface area contributed by atoms with E-state index in [1.807, 2.05) is 39.0 Å². The first-order chi connectivity index (χ1) is 20.1. The van der Waals surface area contributed by atoms with Crippen LogP contribution in [0.25, 0.3) is 0 Å². The molecule has 1 N–H and O–H groups in total. The van der Waals surface area contributed by atoms with Gasteiger partial charge in [0.05, 0.1) is 11.1 Å². The summed E-state index contributed by atoms with van der Waals surface area (Å²) in [5, 5.41) is 13.3. The van der Waals surface area contributed by atoms with Crippen LogP contribution in [0, 0.1) is 6.92 Å². The van der Waals surface area contributed by atoms with Crippen LogP contribution < -0.4 is 15.2 Å². The molecular formula is C31H43N9O2. The van der Waals surface area contributed by atoms with Gasteiger partial charge in [-0.2, -0.15) is 10.1 Å². The van der Waals surface area contributed by atoms with Crippen LogP contribution in [0.4, 0.5) is 23.1 Å². The number of amidine groups is 1. The Kier molecular flexibility index (Phi) is 9.74. The average Bonchev–Trinajstić information content (AvgIpc) is 3.32. The molecule has 0 unspecified atom stereocenters. The molecular weight excluding hydrogens is 530 g/mol. The molecule has 0 aliphatic carbocycles. The highest BCUT2D eigenvalue weighted by Gasteiger charge is 2.48. The minimum absolute atomic E-state index is 0.0939. The summed E-state index contributed by atoms with van der Waals surface area (Å²) in [5.74, 6) is 1.04. The number of aryl methyl sites for hydroxylation is 1. The summed E-state index contributed by atoms with van der Waals surface area (Å²) >= 11 is 0. The normalized spacial score (nSPS) is 16.8. The second-order valence-electron chi connectivity index (χ2n) is 11.4. The zero-order valence-corrected chi connectivity index (χ0v) is 25.6. The number of carbonyl (C=O) groups is 2. The summed E-state index contributed by atoms with van der Waals surface area (Å²) in [6, 6.07) is 6.35. The lowest BCUT2D eigenvalue weighted by molar-refractivity contribution is -0.104. The molecule has 3 heterocycles. The smallest absolute Gasteiger partial charge is 0.229 e. The summed E-state index contributed by atoms with van der Waals surface area (Å²) in [6.45, 7) is 13.7. The van der Waals surface area contributed by atoms with Crippen molar-refractivity contribution in [3.8, 4) is 0 Å². The van der Waals surface area contributed by atoms with E-state index in [-0.39, 0.29) is 11.6 Å². The lowest BCUT2D eigenvalue weighted by Gasteiger charge is -2.53. The highest BCUT2D eigenvalue weighted by atomic mass is 16.1. The van der Waals surface area contributed by atoms with E-state index in [0.29, 0.717) is 42.3 Å². The molecule has 42 heavy (non-hydrogen) atoms. The molecule has 2 aliphatic rings. The lowest BCUT2D eigenvalue weighted by atomic mass is 9.86. The monoisotopic (exact) mass is 573 g/mol. The maximum Gasteiger partial charge on any atom is 0.229 e. The van der Waals surface area contributed by atoms with Gasteiger partial charge in [0.25, 0.3) is 0 Å². The molecule has 4 rings (SSSR count). The van der Waals surface area contributed by atoms with Crippen LogP contribution in [-0.4, -0.2) is 102 Å². The van der Waals surface area contributed by atoms with Crippen molar-refractivity contribution in [2.24, 2.45) is 5.10 Å². The second kappa shape index (κ2) is 13.3. The van der Waals surface area contributed by atoms with Crippen LogP contribution in [0.5, 0.6) is 0 Å². The highest BCUT2D eigenvalue weighted by molar-refractivity contribution is 6.07. The first kappa shape index (κ1) is 30.9. The van der Waals surface area contributed by atoms with Crippen molar-refractivity contribution in [2.75, 3.05) is 62.5 Å². The molecule has 0 radical (unpaired) electrons. The molecule has 224 valence electrons. The summed E-state index contributed by atoms with van der Waals surface area (Å²) in [7, 11) is 5.91. The quantitative estimate of drug-likeness (QED) is 0.101. The molecule has 2 saturated heterocycles. The third kappa shape index (κ3) is 6.52. The molecule has 0 saturated carbocycles. The van der Waals surface area contributed by atoms with Crippen molar-refractivity contribution in [3.05, 3.63) is 60.3 Å². The summed E-state index contributed by atoms with van der Waals surface area (Å²) < 4.78 is 0. The van der Waals surface area contributed by atoms with Gasteiger partial charge < -0.3 is 10.2 Å². The fraction of sp³-hybridized carbons (Fsp3) is 0.452. The molecule has 2 fully saturated rings. The average molecular weight is 574 g/mol. The van der Waals surface area contributed by atoms with Gasteiger partial charge in [-0.1, -0.05) is 6.08 Å². The number of aldehydes is 2. The van der Waals surface area contributed by atoms with Crippen LogP contribution in [0.2, 0.25) is 0 Å². The van der Waals surface area contributed by atoms with Gasteiger partial charge >= 0.3 is 0 Å². The van der Waals surface area contributed by atoms with E-state index >= 15 is 0 Å². The van der Waals surface area contributed by atoms with Crippen LogP contribution in [-0.2, 0) is 4.79 Å². The maximum atomic E-state index is 12.1. The molecule has 2 aliphatic heterocycles. The van der Waals surface area contributed by atoms with Crippen LogP contribution in [0.15, 0.2) is 54.3 Å². The number of hydrazine groups is 1. The highest BCUT2D eigenvalue weighted by Crippen LogP contribution is 2.40. The lowest BCUT2D eigenvalue weighted by Crippen LogP contribution is -2.67.